The van der Waals surface area contributed by atoms with E-state index in [4.69, 9.17) is 4.74 Å². The molecule has 0 aromatic heterocycles. The van der Waals surface area contributed by atoms with E-state index in [1.54, 1.807) is 5.57 Å². The molecule has 0 amide bonds. The molecule has 3 heteroatoms. The zero-order valence-electron chi connectivity index (χ0n) is 22.9. The first-order valence-electron chi connectivity index (χ1n) is 15.4. The van der Waals surface area contributed by atoms with Crippen molar-refractivity contribution < 1.29 is 14.6 Å². The van der Waals surface area contributed by atoms with Crippen LogP contribution in [0.5, 0.6) is 0 Å². The summed E-state index contributed by atoms with van der Waals surface area (Å²) in [6, 6.07) is 0. The van der Waals surface area contributed by atoms with Crippen LogP contribution in [0.4, 0.5) is 0 Å². The third-order valence-corrected chi connectivity index (χ3v) is 12.0. The van der Waals surface area contributed by atoms with Gasteiger partial charge in [0.15, 0.2) is 0 Å². The minimum atomic E-state index is -0.116. The molecule has 0 aliphatic heterocycles. The Balaban J connectivity index is 1.18. The van der Waals surface area contributed by atoms with Crippen molar-refractivity contribution >= 4 is 5.97 Å². The zero-order chi connectivity index (χ0) is 24.6. The van der Waals surface area contributed by atoms with Crippen LogP contribution in [0.25, 0.3) is 0 Å². The fourth-order valence-corrected chi connectivity index (χ4v) is 9.95. The highest BCUT2D eigenvalue weighted by atomic mass is 16.5. The van der Waals surface area contributed by atoms with Gasteiger partial charge in [-0.2, -0.15) is 0 Å². The Bertz CT molecular complexity index is 780. The third-order valence-electron chi connectivity index (χ3n) is 12.0. The summed E-state index contributed by atoms with van der Waals surface area (Å²) in [5, 5.41) is 10.3. The number of allylic oxidation sites excluding steroid dienone is 1. The van der Waals surface area contributed by atoms with Crippen LogP contribution in [0.1, 0.15) is 130 Å². The van der Waals surface area contributed by atoms with E-state index in [9.17, 15) is 9.90 Å². The van der Waals surface area contributed by atoms with Gasteiger partial charge >= 0.3 is 5.97 Å². The maximum Gasteiger partial charge on any atom is 0.306 e. The van der Waals surface area contributed by atoms with Crippen molar-refractivity contribution in [1.29, 1.82) is 0 Å². The monoisotopic (exact) mass is 484 g/mol. The van der Waals surface area contributed by atoms with E-state index >= 15 is 0 Å². The molecule has 0 unspecified atom stereocenters. The molecule has 5 rings (SSSR count). The molecule has 4 saturated carbocycles. The molecule has 5 aliphatic carbocycles. The molecule has 0 spiro atoms. The number of carbonyl (C=O) groups excluding carboxylic acids is 1. The van der Waals surface area contributed by atoms with Crippen molar-refractivity contribution in [2.45, 2.75) is 142 Å². The van der Waals surface area contributed by atoms with Crippen molar-refractivity contribution in [2.75, 3.05) is 0 Å². The lowest BCUT2D eigenvalue weighted by Crippen LogP contribution is -2.50. The van der Waals surface area contributed by atoms with Crippen LogP contribution in [-0.4, -0.2) is 23.3 Å². The summed E-state index contributed by atoms with van der Waals surface area (Å²) in [4.78, 5) is 12.7. The molecular formula is C32H52O3. The quantitative estimate of drug-likeness (QED) is 0.318. The topological polar surface area (TPSA) is 46.5 Å². The number of ether oxygens (including phenoxy) is 1. The number of rotatable bonds is 5. The van der Waals surface area contributed by atoms with E-state index in [-0.39, 0.29) is 18.2 Å². The minimum absolute atomic E-state index is 0.0585. The highest BCUT2D eigenvalue weighted by Crippen LogP contribution is 2.67. The Hall–Kier alpha value is -0.830. The van der Waals surface area contributed by atoms with Crippen LogP contribution in [0.3, 0.4) is 0 Å². The van der Waals surface area contributed by atoms with Gasteiger partial charge in [0.2, 0.25) is 0 Å². The lowest BCUT2D eigenvalue weighted by Gasteiger charge is -2.58. The van der Waals surface area contributed by atoms with Crippen molar-refractivity contribution in [2.24, 2.45) is 40.4 Å². The molecule has 0 aromatic rings. The Morgan fingerprint density at radius 2 is 1.74 bits per heavy atom. The molecule has 198 valence electrons. The van der Waals surface area contributed by atoms with Crippen molar-refractivity contribution in [1.82, 2.24) is 0 Å². The van der Waals surface area contributed by atoms with Gasteiger partial charge in [0.1, 0.15) is 6.10 Å². The summed E-state index contributed by atoms with van der Waals surface area (Å²) in [6.45, 7) is 7.57. The molecule has 0 bridgehead atoms. The third kappa shape index (κ3) is 5.01. The second-order valence-corrected chi connectivity index (χ2v) is 13.9. The second-order valence-electron chi connectivity index (χ2n) is 13.9. The lowest BCUT2D eigenvalue weighted by molar-refractivity contribution is -0.150. The minimum Gasteiger partial charge on any atom is -0.462 e. The van der Waals surface area contributed by atoms with E-state index in [1.165, 1.54) is 70.6 Å². The first-order valence-corrected chi connectivity index (χ1v) is 15.4. The van der Waals surface area contributed by atoms with Crippen molar-refractivity contribution in [3.8, 4) is 0 Å². The fraction of sp³-hybridized carbons (Fsp3) is 0.906. The summed E-state index contributed by atoms with van der Waals surface area (Å²) in [7, 11) is 0. The van der Waals surface area contributed by atoms with Gasteiger partial charge in [-0.05, 0) is 124 Å². The lowest BCUT2D eigenvalue weighted by atomic mass is 9.47. The van der Waals surface area contributed by atoms with Crippen LogP contribution in [0.15, 0.2) is 11.6 Å². The van der Waals surface area contributed by atoms with Gasteiger partial charge in [-0.1, -0.05) is 51.7 Å². The highest BCUT2D eigenvalue weighted by Gasteiger charge is 2.59. The van der Waals surface area contributed by atoms with Crippen LogP contribution in [0, 0.1) is 40.4 Å². The van der Waals surface area contributed by atoms with Gasteiger partial charge in [0, 0.05) is 6.42 Å². The van der Waals surface area contributed by atoms with Gasteiger partial charge in [-0.25, -0.2) is 0 Å². The zero-order valence-corrected chi connectivity index (χ0v) is 22.9. The number of aliphatic hydroxyl groups excluding tert-OH is 1. The molecule has 8 atom stereocenters. The normalized spacial score (nSPS) is 43.1. The van der Waals surface area contributed by atoms with Gasteiger partial charge in [0.05, 0.1) is 6.10 Å². The number of hydrogen-bond donors (Lipinski definition) is 1. The molecule has 35 heavy (non-hydrogen) atoms. The highest BCUT2D eigenvalue weighted by molar-refractivity contribution is 5.69. The van der Waals surface area contributed by atoms with Crippen LogP contribution in [-0.2, 0) is 9.53 Å². The van der Waals surface area contributed by atoms with E-state index in [1.807, 2.05) is 0 Å². The maximum atomic E-state index is 12.7. The van der Waals surface area contributed by atoms with E-state index in [2.05, 4.69) is 26.8 Å². The average molecular weight is 485 g/mol. The van der Waals surface area contributed by atoms with E-state index < -0.39 is 0 Å². The molecule has 0 heterocycles. The molecule has 3 nitrogen and oxygen atoms in total. The predicted octanol–water partition coefficient (Wildman–Crippen LogP) is 8.00. The SMILES string of the molecule is C[C@H](CCC(=O)OC1CCCCCCC1)[C@H]1CC[C@H]2[C@@H]3CC=C4C[C@@H](O)CC[C@]4(C)[C@H]3CC[C@]12C. The summed E-state index contributed by atoms with van der Waals surface area (Å²) in [5.41, 5.74) is 2.33. The van der Waals surface area contributed by atoms with Crippen molar-refractivity contribution in [3.63, 3.8) is 0 Å². The summed E-state index contributed by atoms with van der Waals surface area (Å²) >= 11 is 0. The molecule has 0 aromatic carbocycles. The Morgan fingerprint density at radius 1 is 1.00 bits per heavy atom. The predicted molar refractivity (Wildman–Crippen MR) is 142 cm³/mol. The number of hydrogen-bond acceptors (Lipinski definition) is 3. The number of carbonyl (C=O) groups is 1. The van der Waals surface area contributed by atoms with Crippen LogP contribution < -0.4 is 0 Å². The van der Waals surface area contributed by atoms with Gasteiger partial charge < -0.3 is 9.84 Å². The summed E-state index contributed by atoms with van der Waals surface area (Å²) < 4.78 is 5.95. The second kappa shape index (κ2) is 10.5. The average Bonchev–Trinajstić information content (AvgIpc) is 3.17. The molecule has 0 saturated heterocycles. The molecule has 4 fully saturated rings. The maximum absolute atomic E-state index is 12.7. The Kier molecular flexibility index (Phi) is 7.74. The van der Waals surface area contributed by atoms with Gasteiger partial charge in [-0.15, -0.1) is 0 Å². The number of esters is 1. The largest absolute Gasteiger partial charge is 0.462 e. The van der Waals surface area contributed by atoms with Gasteiger partial charge in [-0.3, -0.25) is 4.79 Å². The number of aliphatic hydroxyl groups is 1. The molecular weight excluding hydrogens is 432 g/mol. The van der Waals surface area contributed by atoms with Crippen LogP contribution in [0.2, 0.25) is 0 Å². The molecule has 5 aliphatic rings. The molecule has 0 radical (unpaired) electrons. The molecule has 1 N–H and O–H groups in total. The standard InChI is InChI=1S/C32H52O3/c1-22(11-16-30(34)35-25-9-7-5-4-6-8-10-25)27-14-15-28-26-13-12-23-21-24(33)17-19-31(23,2)29(26)18-20-32(27,28)3/h12,22,24-29,33H,4-11,13-21H2,1-3H3/t22-,24+,26+,27-,28+,29+,31+,32-/m1/s1. The van der Waals surface area contributed by atoms with E-state index in [0.717, 1.165) is 55.8 Å². The smallest absolute Gasteiger partial charge is 0.306 e. The van der Waals surface area contributed by atoms with Crippen molar-refractivity contribution in [3.05, 3.63) is 11.6 Å². The van der Waals surface area contributed by atoms with E-state index in [0.29, 0.717) is 23.2 Å². The summed E-state index contributed by atoms with van der Waals surface area (Å²) in [5.74, 6) is 3.86. The number of fused-ring (bicyclic) bond motifs is 5. The first kappa shape index (κ1) is 25.8. The fourth-order valence-electron chi connectivity index (χ4n) is 9.95. The first-order chi connectivity index (χ1) is 16.8. The summed E-state index contributed by atoms with van der Waals surface area (Å²) in [6.07, 6.45) is 22.5. The van der Waals surface area contributed by atoms with Gasteiger partial charge in [0.25, 0.3) is 0 Å². The Labute approximate surface area is 214 Å². The Morgan fingerprint density at radius 3 is 2.51 bits per heavy atom. The van der Waals surface area contributed by atoms with Crippen LogP contribution >= 0.6 is 0 Å².